The molecule has 0 amide bonds. The van der Waals surface area contributed by atoms with E-state index in [1.807, 2.05) is 0 Å². The lowest BCUT2D eigenvalue weighted by Gasteiger charge is -2.18. The lowest BCUT2D eigenvalue weighted by molar-refractivity contribution is 0.601. The van der Waals surface area contributed by atoms with E-state index >= 15 is 0 Å². The third-order valence-corrected chi connectivity index (χ3v) is 4.32. The summed E-state index contributed by atoms with van der Waals surface area (Å²) >= 11 is 1.69. The zero-order chi connectivity index (χ0) is 10.4. The summed E-state index contributed by atoms with van der Waals surface area (Å²) in [5.41, 5.74) is 1.28. The van der Waals surface area contributed by atoms with Gasteiger partial charge >= 0.3 is 0 Å². The molecule has 0 saturated carbocycles. The molecule has 4 heteroatoms. The molecule has 0 radical (unpaired) electrons. The lowest BCUT2D eigenvalue weighted by Crippen LogP contribution is -2.10. The second-order valence-electron chi connectivity index (χ2n) is 4.14. The van der Waals surface area contributed by atoms with Crippen molar-refractivity contribution in [2.75, 3.05) is 0 Å². The predicted octanol–water partition coefficient (Wildman–Crippen LogP) is 2.42. The van der Waals surface area contributed by atoms with Crippen LogP contribution in [0.2, 0.25) is 0 Å². The van der Waals surface area contributed by atoms with Gasteiger partial charge in [-0.3, -0.25) is 4.79 Å². The second kappa shape index (κ2) is 3.17. The van der Waals surface area contributed by atoms with Gasteiger partial charge in [0, 0.05) is 4.88 Å². The Hall–Kier alpha value is -1.16. The minimum atomic E-state index is 0.0197. The van der Waals surface area contributed by atoms with Gasteiger partial charge in [0.1, 0.15) is 4.83 Å². The molecular formula is C11H12N2OS. The van der Waals surface area contributed by atoms with Gasteiger partial charge < -0.3 is 4.98 Å². The highest BCUT2D eigenvalue weighted by molar-refractivity contribution is 7.18. The van der Waals surface area contributed by atoms with Crippen molar-refractivity contribution in [3.63, 3.8) is 0 Å². The predicted molar refractivity (Wildman–Crippen MR) is 61.6 cm³/mol. The van der Waals surface area contributed by atoms with Gasteiger partial charge in [-0.1, -0.05) is 6.92 Å². The van der Waals surface area contributed by atoms with E-state index in [4.69, 9.17) is 0 Å². The maximum atomic E-state index is 11.8. The first kappa shape index (κ1) is 9.09. The van der Waals surface area contributed by atoms with E-state index in [-0.39, 0.29) is 5.56 Å². The summed E-state index contributed by atoms with van der Waals surface area (Å²) in [7, 11) is 0. The van der Waals surface area contributed by atoms with Crippen LogP contribution in [0.3, 0.4) is 0 Å². The summed E-state index contributed by atoms with van der Waals surface area (Å²) in [6.45, 7) is 2.20. The molecule has 2 aromatic heterocycles. The molecule has 0 fully saturated rings. The monoisotopic (exact) mass is 220 g/mol. The molecule has 0 aromatic carbocycles. The molecule has 15 heavy (non-hydrogen) atoms. The number of thiophene rings is 1. The fourth-order valence-electron chi connectivity index (χ4n) is 2.43. The van der Waals surface area contributed by atoms with E-state index < -0.39 is 0 Å². The molecule has 3 rings (SSSR count). The highest BCUT2D eigenvalue weighted by Crippen LogP contribution is 2.39. The average Bonchev–Trinajstić information content (AvgIpc) is 2.58. The molecule has 78 valence electrons. The zero-order valence-electron chi connectivity index (χ0n) is 8.54. The van der Waals surface area contributed by atoms with Crippen LogP contribution in [0.4, 0.5) is 0 Å². The van der Waals surface area contributed by atoms with Gasteiger partial charge in [0.25, 0.3) is 5.56 Å². The van der Waals surface area contributed by atoms with Crippen molar-refractivity contribution in [1.29, 1.82) is 0 Å². The van der Waals surface area contributed by atoms with E-state index in [9.17, 15) is 4.79 Å². The summed E-state index contributed by atoms with van der Waals surface area (Å²) in [4.78, 5) is 21.0. The summed E-state index contributed by atoms with van der Waals surface area (Å²) in [5.74, 6) is 0.507. The van der Waals surface area contributed by atoms with E-state index in [0.717, 1.165) is 16.6 Å². The molecule has 3 nitrogen and oxygen atoms in total. The van der Waals surface area contributed by atoms with Crippen LogP contribution in [0.5, 0.6) is 0 Å². The van der Waals surface area contributed by atoms with E-state index in [1.54, 1.807) is 11.3 Å². The number of rotatable bonds is 0. The van der Waals surface area contributed by atoms with Crippen LogP contribution in [-0.4, -0.2) is 9.97 Å². The number of aromatic nitrogens is 2. The molecule has 1 atom stereocenters. The molecule has 0 saturated heterocycles. The number of hydrogen-bond donors (Lipinski definition) is 1. The van der Waals surface area contributed by atoms with E-state index in [2.05, 4.69) is 16.9 Å². The van der Waals surface area contributed by atoms with Crippen LogP contribution < -0.4 is 5.56 Å². The Balaban J connectivity index is 2.44. The average molecular weight is 220 g/mol. The summed E-state index contributed by atoms with van der Waals surface area (Å²) in [6.07, 6.45) is 5.03. The van der Waals surface area contributed by atoms with Crippen LogP contribution in [-0.2, 0) is 6.42 Å². The summed E-state index contributed by atoms with van der Waals surface area (Å²) in [5, 5.41) is 0.838. The number of aromatic amines is 1. The highest BCUT2D eigenvalue weighted by Gasteiger charge is 2.23. The van der Waals surface area contributed by atoms with Crippen molar-refractivity contribution in [3.8, 4) is 0 Å². The van der Waals surface area contributed by atoms with Crippen molar-refractivity contribution in [3.05, 3.63) is 27.1 Å². The Morgan fingerprint density at radius 2 is 2.47 bits per heavy atom. The largest absolute Gasteiger partial charge is 0.313 e. The third-order valence-electron chi connectivity index (χ3n) is 3.14. The van der Waals surface area contributed by atoms with Gasteiger partial charge in [-0.15, -0.1) is 11.3 Å². The number of fused-ring (bicyclic) bond motifs is 3. The SMILES string of the molecule is CC1CCCc2sc3nc[nH]c(=O)c3c21. The smallest absolute Gasteiger partial charge is 0.259 e. The Labute approximate surface area is 91.2 Å². The van der Waals surface area contributed by atoms with Gasteiger partial charge in [0.05, 0.1) is 11.7 Å². The number of hydrogen-bond acceptors (Lipinski definition) is 3. The van der Waals surface area contributed by atoms with Crippen LogP contribution >= 0.6 is 11.3 Å². The molecular weight excluding hydrogens is 208 g/mol. The normalized spacial score (nSPS) is 20.5. The maximum Gasteiger partial charge on any atom is 0.259 e. The quantitative estimate of drug-likeness (QED) is 0.741. The summed E-state index contributed by atoms with van der Waals surface area (Å²) in [6, 6.07) is 0. The maximum absolute atomic E-state index is 11.8. The molecule has 2 aromatic rings. The fraction of sp³-hybridized carbons (Fsp3) is 0.455. The Bertz CT molecular complexity index is 569. The van der Waals surface area contributed by atoms with Gasteiger partial charge in [0.2, 0.25) is 0 Å². The third kappa shape index (κ3) is 1.24. The topological polar surface area (TPSA) is 45.8 Å². The lowest BCUT2D eigenvalue weighted by atomic mass is 9.88. The number of nitrogens with zero attached hydrogens (tertiary/aromatic N) is 1. The first-order valence-corrected chi connectivity index (χ1v) is 6.08. The van der Waals surface area contributed by atoms with Crippen LogP contribution in [0.15, 0.2) is 11.1 Å². The van der Waals surface area contributed by atoms with Crippen LogP contribution in [0, 0.1) is 0 Å². The van der Waals surface area contributed by atoms with Gasteiger partial charge in [-0.05, 0) is 30.7 Å². The molecule has 1 N–H and O–H groups in total. The molecule has 1 aliphatic carbocycles. The molecule has 0 spiro atoms. The number of aryl methyl sites for hydroxylation is 1. The Morgan fingerprint density at radius 3 is 3.33 bits per heavy atom. The molecule has 2 heterocycles. The number of H-pyrrole nitrogens is 1. The van der Waals surface area contributed by atoms with Crippen LogP contribution in [0.1, 0.15) is 36.1 Å². The number of nitrogens with one attached hydrogen (secondary N) is 1. The first-order chi connectivity index (χ1) is 7.27. The molecule has 1 aliphatic rings. The van der Waals surface area contributed by atoms with Crippen molar-refractivity contribution >= 4 is 21.6 Å². The minimum Gasteiger partial charge on any atom is -0.313 e. The van der Waals surface area contributed by atoms with Gasteiger partial charge in [-0.25, -0.2) is 4.98 Å². The Morgan fingerprint density at radius 1 is 1.60 bits per heavy atom. The Kier molecular flexibility index (Phi) is 1.92. The first-order valence-electron chi connectivity index (χ1n) is 5.26. The van der Waals surface area contributed by atoms with E-state index in [0.29, 0.717) is 5.92 Å². The molecule has 0 aliphatic heterocycles. The van der Waals surface area contributed by atoms with Gasteiger partial charge in [0.15, 0.2) is 0 Å². The second-order valence-corrected chi connectivity index (χ2v) is 5.23. The standard InChI is InChI=1S/C11H12N2OS/c1-6-3-2-4-7-8(6)9-10(14)12-5-13-11(9)15-7/h5-6H,2-4H2,1H3,(H,12,13,14). The van der Waals surface area contributed by atoms with Crippen molar-refractivity contribution in [2.24, 2.45) is 0 Å². The molecule has 1 unspecified atom stereocenters. The van der Waals surface area contributed by atoms with Crippen molar-refractivity contribution < 1.29 is 0 Å². The van der Waals surface area contributed by atoms with Crippen LogP contribution in [0.25, 0.3) is 10.2 Å². The summed E-state index contributed by atoms with van der Waals surface area (Å²) < 4.78 is 0. The minimum absolute atomic E-state index is 0.0197. The van der Waals surface area contributed by atoms with Gasteiger partial charge in [-0.2, -0.15) is 0 Å². The zero-order valence-corrected chi connectivity index (χ0v) is 9.36. The highest BCUT2D eigenvalue weighted by atomic mass is 32.1. The van der Waals surface area contributed by atoms with Crippen molar-refractivity contribution in [2.45, 2.75) is 32.1 Å². The fourth-order valence-corrected chi connectivity index (χ4v) is 3.73. The van der Waals surface area contributed by atoms with Crippen molar-refractivity contribution in [1.82, 2.24) is 9.97 Å². The molecule has 0 bridgehead atoms. The van der Waals surface area contributed by atoms with E-state index in [1.165, 1.54) is 29.6 Å².